The molecule has 0 aliphatic heterocycles. The lowest BCUT2D eigenvalue weighted by atomic mass is 10.3. The summed E-state index contributed by atoms with van der Waals surface area (Å²) in [6.07, 6.45) is 0.907. The third-order valence-corrected chi connectivity index (χ3v) is 2.86. The molecule has 130 valence electrons. The van der Waals surface area contributed by atoms with Crippen molar-refractivity contribution < 1.29 is 14.3 Å². The van der Waals surface area contributed by atoms with Crippen LogP contribution in [0.25, 0.3) is 0 Å². The van der Waals surface area contributed by atoms with Crippen LogP contribution in [-0.2, 0) is 4.79 Å². The molecule has 0 aliphatic rings. The highest BCUT2D eigenvalue weighted by molar-refractivity contribution is 14.0. The molecule has 0 bridgehead atoms. The largest absolute Gasteiger partial charge is 0.493 e. The Balaban J connectivity index is 0.00000484. The van der Waals surface area contributed by atoms with E-state index in [1.54, 1.807) is 33.4 Å². The van der Waals surface area contributed by atoms with Crippen LogP contribution in [0, 0.1) is 0 Å². The van der Waals surface area contributed by atoms with Crippen LogP contribution in [0.3, 0.4) is 0 Å². The molecule has 3 N–H and O–H groups in total. The highest BCUT2D eigenvalue weighted by atomic mass is 127. The number of hydrogen-bond donors (Lipinski definition) is 3. The second kappa shape index (κ2) is 11.8. The Labute approximate surface area is 154 Å². The number of nitrogens with one attached hydrogen (secondary N) is 3. The van der Waals surface area contributed by atoms with Crippen LogP contribution in [0.1, 0.15) is 13.3 Å². The van der Waals surface area contributed by atoms with Crippen molar-refractivity contribution in [2.45, 2.75) is 13.3 Å². The molecular formula is C15H25IN4O3. The summed E-state index contributed by atoms with van der Waals surface area (Å²) in [6.45, 7) is 2.83. The van der Waals surface area contributed by atoms with Gasteiger partial charge in [0.25, 0.3) is 0 Å². The molecule has 0 atom stereocenters. The van der Waals surface area contributed by atoms with Gasteiger partial charge in [0.2, 0.25) is 5.91 Å². The van der Waals surface area contributed by atoms with E-state index in [0.29, 0.717) is 24.0 Å². The molecule has 1 amide bonds. The molecule has 1 rings (SSSR count). The molecular weight excluding hydrogens is 411 g/mol. The van der Waals surface area contributed by atoms with E-state index in [9.17, 15) is 4.79 Å². The molecule has 0 saturated carbocycles. The minimum absolute atomic E-state index is 0. The zero-order chi connectivity index (χ0) is 16.4. The second-order valence-electron chi connectivity index (χ2n) is 4.47. The second-order valence-corrected chi connectivity index (χ2v) is 4.47. The summed E-state index contributed by atoms with van der Waals surface area (Å²) in [5.41, 5.74) is 0.778. The molecule has 0 saturated heterocycles. The summed E-state index contributed by atoms with van der Waals surface area (Å²) < 4.78 is 10.4. The number of rotatable bonds is 7. The number of ether oxygens (including phenoxy) is 2. The molecule has 23 heavy (non-hydrogen) atoms. The maximum atomic E-state index is 11.6. The number of carbonyl (C=O) groups is 1. The lowest BCUT2D eigenvalue weighted by Gasteiger charge is -2.14. The van der Waals surface area contributed by atoms with Gasteiger partial charge in [-0.05, 0) is 18.6 Å². The minimum Gasteiger partial charge on any atom is -0.493 e. The number of halogens is 1. The summed E-state index contributed by atoms with van der Waals surface area (Å²) in [5, 5.41) is 8.83. The maximum Gasteiger partial charge on any atom is 0.239 e. The average Bonchev–Trinajstić information content (AvgIpc) is 2.56. The number of nitrogens with zero attached hydrogens (tertiary/aromatic N) is 1. The highest BCUT2D eigenvalue weighted by Gasteiger charge is 2.07. The van der Waals surface area contributed by atoms with E-state index in [4.69, 9.17) is 9.47 Å². The minimum atomic E-state index is -0.0721. The topological polar surface area (TPSA) is 84.0 Å². The summed E-state index contributed by atoms with van der Waals surface area (Å²) >= 11 is 0. The molecule has 0 aromatic heterocycles. The zero-order valence-electron chi connectivity index (χ0n) is 13.9. The molecule has 0 spiro atoms. The SMILES string of the molecule is CCCNC(=O)CNC(=NC)Nc1ccc(OC)c(OC)c1.I. The van der Waals surface area contributed by atoms with Gasteiger partial charge in [-0.3, -0.25) is 9.79 Å². The molecule has 0 fully saturated rings. The first kappa shape index (κ1) is 21.3. The lowest BCUT2D eigenvalue weighted by molar-refractivity contribution is -0.119. The number of hydrogen-bond acceptors (Lipinski definition) is 4. The predicted molar refractivity (Wildman–Crippen MR) is 103 cm³/mol. The monoisotopic (exact) mass is 436 g/mol. The van der Waals surface area contributed by atoms with Gasteiger partial charge in [0.1, 0.15) is 0 Å². The Bertz CT molecular complexity index is 523. The first-order valence-corrected chi connectivity index (χ1v) is 7.11. The summed E-state index contributed by atoms with van der Waals surface area (Å²) in [6, 6.07) is 5.43. The van der Waals surface area contributed by atoms with Gasteiger partial charge in [-0.1, -0.05) is 6.92 Å². The van der Waals surface area contributed by atoms with E-state index in [1.807, 2.05) is 13.0 Å². The van der Waals surface area contributed by atoms with Crippen LogP contribution < -0.4 is 25.4 Å². The average molecular weight is 436 g/mol. The van der Waals surface area contributed by atoms with Crippen molar-refractivity contribution in [1.29, 1.82) is 0 Å². The van der Waals surface area contributed by atoms with Crippen molar-refractivity contribution in [2.24, 2.45) is 4.99 Å². The van der Waals surface area contributed by atoms with Crippen molar-refractivity contribution in [1.82, 2.24) is 10.6 Å². The number of anilines is 1. The summed E-state index contributed by atoms with van der Waals surface area (Å²) in [7, 11) is 4.80. The number of carbonyl (C=O) groups excluding carboxylic acids is 1. The van der Waals surface area contributed by atoms with Gasteiger partial charge in [0.15, 0.2) is 17.5 Å². The number of guanidine groups is 1. The third-order valence-electron chi connectivity index (χ3n) is 2.86. The fraction of sp³-hybridized carbons (Fsp3) is 0.467. The highest BCUT2D eigenvalue weighted by Crippen LogP contribution is 2.29. The molecule has 7 nitrogen and oxygen atoms in total. The number of benzene rings is 1. The van der Waals surface area contributed by atoms with E-state index < -0.39 is 0 Å². The molecule has 0 heterocycles. The fourth-order valence-electron chi connectivity index (χ4n) is 1.72. The quantitative estimate of drug-likeness (QED) is 0.345. The molecule has 0 aliphatic carbocycles. The number of aliphatic imine (C=N–C) groups is 1. The van der Waals surface area contributed by atoms with Crippen LogP contribution in [0.2, 0.25) is 0 Å². The molecule has 1 aromatic rings. The Kier molecular flexibility index (Phi) is 10.9. The Morgan fingerprint density at radius 3 is 2.43 bits per heavy atom. The molecule has 8 heteroatoms. The van der Waals surface area contributed by atoms with Crippen LogP contribution in [0.15, 0.2) is 23.2 Å². The summed E-state index contributed by atoms with van der Waals surface area (Å²) in [4.78, 5) is 15.6. The first-order chi connectivity index (χ1) is 10.6. The van der Waals surface area contributed by atoms with Crippen LogP contribution in [0.5, 0.6) is 11.5 Å². The van der Waals surface area contributed by atoms with Gasteiger partial charge in [-0.2, -0.15) is 0 Å². The van der Waals surface area contributed by atoms with Gasteiger partial charge in [-0.15, -0.1) is 24.0 Å². The van der Waals surface area contributed by atoms with E-state index in [0.717, 1.165) is 12.1 Å². The van der Waals surface area contributed by atoms with Crippen LogP contribution in [0.4, 0.5) is 5.69 Å². The predicted octanol–water partition coefficient (Wildman–Crippen LogP) is 1.84. The van der Waals surface area contributed by atoms with Crippen molar-refractivity contribution in [3.8, 4) is 11.5 Å². The van der Waals surface area contributed by atoms with Crippen molar-refractivity contribution in [3.63, 3.8) is 0 Å². The van der Waals surface area contributed by atoms with Crippen LogP contribution >= 0.6 is 24.0 Å². The smallest absolute Gasteiger partial charge is 0.239 e. The fourth-order valence-corrected chi connectivity index (χ4v) is 1.72. The van der Waals surface area contributed by atoms with Gasteiger partial charge in [-0.25, -0.2) is 0 Å². The van der Waals surface area contributed by atoms with E-state index in [-0.39, 0.29) is 36.4 Å². The Morgan fingerprint density at radius 2 is 1.87 bits per heavy atom. The van der Waals surface area contributed by atoms with Crippen molar-refractivity contribution >= 4 is 41.5 Å². The number of methoxy groups -OCH3 is 2. The van der Waals surface area contributed by atoms with E-state index >= 15 is 0 Å². The standard InChI is InChI=1S/C15H24N4O3.HI/c1-5-8-17-14(20)10-18-15(16-2)19-11-6-7-12(21-3)13(9-11)22-4;/h6-7,9H,5,8,10H2,1-4H3,(H,17,20)(H2,16,18,19);1H. The zero-order valence-corrected chi connectivity index (χ0v) is 16.3. The van der Waals surface area contributed by atoms with Crippen LogP contribution in [-0.4, -0.2) is 46.2 Å². The maximum absolute atomic E-state index is 11.6. The molecule has 0 radical (unpaired) electrons. The van der Waals surface area contributed by atoms with Gasteiger partial charge < -0.3 is 25.4 Å². The normalized spacial score (nSPS) is 10.3. The molecule has 1 aromatic carbocycles. The van der Waals surface area contributed by atoms with E-state index in [1.165, 1.54) is 0 Å². The summed E-state index contributed by atoms with van der Waals surface area (Å²) in [5.74, 6) is 1.69. The first-order valence-electron chi connectivity index (χ1n) is 7.11. The Hall–Kier alpha value is -1.71. The lowest BCUT2D eigenvalue weighted by Crippen LogP contribution is -2.40. The third kappa shape index (κ3) is 7.40. The van der Waals surface area contributed by atoms with E-state index in [2.05, 4.69) is 20.9 Å². The Morgan fingerprint density at radius 1 is 1.17 bits per heavy atom. The van der Waals surface area contributed by atoms with Crippen molar-refractivity contribution in [2.75, 3.05) is 39.7 Å². The van der Waals surface area contributed by atoms with Gasteiger partial charge in [0, 0.05) is 25.3 Å². The van der Waals surface area contributed by atoms with Gasteiger partial charge >= 0.3 is 0 Å². The van der Waals surface area contributed by atoms with Gasteiger partial charge in [0.05, 0.1) is 20.8 Å². The molecule has 0 unspecified atom stereocenters. The number of amides is 1. The van der Waals surface area contributed by atoms with Crippen molar-refractivity contribution in [3.05, 3.63) is 18.2 Å².